The number of benzene rings is 2. The number of rotatable bonds is 4. The van der Waals surface area contributed by atoms with Crippen molar-refractivity contribution in [2.24, 2.45) is 5.73 Å². The highest BCUT2D eigenvalue weighted by Gasteiger charge is 2.10. The summed E-state index contributed by atoms with van der Waals surface area (Å²) in [6.45, 7) is 0.390. The third kappa shape index (κ3) is 2.93. The number of hydrogen-bond donors (Lipinski definition) is 2. The summed E-state index contributed by atoms with van der Waals surface area (Å²) in [6.07, 6.45) is 0. The zero-order valence-electron chi connectivity index (χ0n) is 11.0. The van der Waals surface area contributed by atoms with Gasteiger partial charge in [-0.25, -0.2) is 8.78 Å². The fraction of sp³-hybridized carbons (Fsp3) is 0.133. The molecule has 0 aliphatic heterocycles. The van der Waals surface area contributed by atoms with Crippen LogP contribution in [0.3, 0.4) is 0 Å². The maximum Gasteiger partial charge on any atom is 0.159 e. The van der Waals surface area contributed by atoms with Gasteiger partial charge in [0.15, 0.2) is 11.6 Å². The molecule has 0 saturated heterocycles. The Kier molecular flexibility index (Phi) is 3.98. The first-order chi connectivity index (χ1) is 9.49. The highest BCUT2D eigenvalue weighted by molar-refractivity contribution is 6.00. The smallest absolute Gasteiger partial charge is 0.159 e. The molecule has 2 aromatic rings. The lowest BCUT2D eigenvalue weighted by atomic mass is 10.1. The van der Waals surface area contributed by atoms with Crippen molar-refractivity contribution in [3.63, 3.8) is 0 Å². The zero-order chi connectivity index (χ0) is 14.7. The molecule has 3 N–H and O–H groups in total. The van der Waals surface area contributed by atoms with Gasteiger partial charge in [0.2, 0.25) is 0 Å². The van der Waals surface area contributed by atoms with Crippen LogP contribution in [0.2, 0.25) is 0 Å². The third-order valence-electron chi connectivity index (χ3n) is 3.01. The van der Waals surface area contributed by atoms with Gasteiger partial charge >= 0.3 is 0 Å². The van der Waals surface area contributed by atoms with Gasteiger partial charge in [-0.05, 0) is 29.8 Å². The molecular formula is C15H15F2N3. The first kappa shape index (κ1) is 14.0. The molecule has 0 bridgehead atoms. The molecule has 0 fully saturated rings. The summed E-state index contributed by atoms with van der Waals surface area (Å²) < 4.78 is 26.1. The van der Waals surface area contributed by atoms with E-state index in [0.29, 0.717) is 17.7 Å². The molecule has 5 heteroatoms. The minimum absolute atomic E-state index is 0.0299. The van der Waals surface area contributed by atoms with Gasteiger partial charge in [0.1, 0.15) is 5.84 Å². The number of nitrogen functional groups attached to an aromatic ring is 1. The minimum atomic E-state index is -0.865. The van der Waals surface area contributed by atoms with Crippen LogP contribution in [0.25, 0.3) is 0 Å². The standard InChI is InChI=1S/C15H15F2N3/c1-20(9-10-6-7-12(16)13(17)8-10)14-5-3-2-4-11(14)15(18)19/h2-8H,9H2,1H3,(H3,18,19). The van der Waals surface area contributed by atoms with E-state index in [4.69, 9.17) is 11.1 Å². The Hall–Kier alpha value is -2.43. The molecule has 0 radical (unpaired) electrons. The lowest BCUT2D eigenvalue weighted by molar-refractivity contribution is 0.507. The van der Waals surface area contributed by atoms with Crippen LogP contribution in [-0.4, -0.2) is 12.9 Å². The monoisotopic (exact) mass is 275 g/mol. The van der Waals surface area contributed by atoms with Crippen LogP contribution in [0, 0.1) is 17.0 Å². The summed E-state index contributed by atoms with van der Waals surface area (Å²) in [7, 11) is 1.81. The van der Waals surface area contributed by atoms with Crippen molar-refractivity contribution in [3.8, 4) is 0 Å². The molecule has 104 valence electrons. The van der Waals surface area contributed by atoms with E-state index in [1.165, 1.54) is 12.1 Å². The van der Waals surface area contributed by atoms with E-state index in [2.05, 4.69) is 0 Å². The van der Waals surface area contributed by atoms with Gasteiger partial charge in [-0.3, -0.25) is 5.41 Å². The number of halogens is 2. The summed E-state index contributed by atoms with van der Waals surface area (Å²) in [5, 5.41) is 7.55. The second-order valence-corrected chi connectivity index (χ2v) is 4.54. The van der Waals surface area contributed by atoms with Crippen LogP contribution in [0.5, 0.6) is 0 Å². The van der Waals surface area contributed by atoms with Crippen LogP contribution < -0.4 is 10.6 Å². The topological polar surface area (TPSA) is 53.1 Å². The lowest BCUT2D eigenvalue weighted by Gasteiger charge is -2.22. The van der Waals surface area contributed by atoms with E-state index < -0.39 is 11.6 Å². The molecule has 2 rings (SSSR count). The van der Waals surface area contributed by atoms with E-state index in [-0.39, 0.29) is 5.84 Å². The maximum atomic E-state index is 13.2. The minimum Gasteiger partial charge on any atom is -0.384 e. The van der Waals surface area contributed by atoms with Gasteiger partial charge in [0.05, 0.1) is 0 Å². The molecule has 0 spiro atoms. The van der Waals surface area contributed by atoms with Crippen molar-refractivity contribution in [3.05, 3.63) is 65.2 Å². The maximum absolute atomic E-state index is 13.2. The molecule has 0 aliphatic rings. The van der Waals surface area contributed by atoms with E-state index in [9.17, 15) is 8.78 Å². The highest BCUT2D eigenvalue weighted by atomic mass is 19.2. The molecule has 3 nitrogen and oxygen atoms in total. The molecule has 2 aromatic carbocycles. The van der Waals surface area contributed by atoms with E-state index in [0.717, 1.165) is 11.8 Å². The first-order valence-electron chi connectivity index (χ1n) is 6.07. The average Bonchev–Trinajstić information content (AvgIpc) is 2.43. The number of para-hydroxylation sites is 1. The van der Waals surface area contributed by atoms with E-state index in [1.807, 2.05) is 24.1 Å². The molecule has 20 heavy (non-hydrogen) atoms. The zero-order valence-corrected chi connectivity index (χ0v) is 11.0. The van der Waals surface area contributed by atoms with Gasteiger partial charge in [0, 0.05) is 24.8 Å². The van der Waals surface area contributed by atoms with Crippen LogP contribution in [0.1, 0.15) is 11.1 Å². The molecule has 0 unspecified atom stereocenters. The average molecular weight is 275 g/mol. The Balaban J connectivity index is 2.26. The van der Waals surface area contributed by atoms with Gasteiger partial charge in [0.25, 0.3) is 0 Å². The summed E-state index contributed by atoms with van der Waals surface area (Å²) >= 11 is 0. The normalized spacial score (nSPS) is 10.3. The van der Waals surface area contributed by atoms with Gasteiger partial charge in [-0.15, -0.1) is 0 Å². The van der Waals surface area contributed by atoms with Crippen LogP contribution >= 0.6 is 0 Å². The number of nitrogens with two attached hydrogens (primary N) is 1. The highest BCUT2D eigenvalue weighted by Crippen LogP contribution is 2.21. The van der Waals surface area contributed by atoms with E-state index >= 15 is 0 Å². The van der Waals surface area contributed by atoms with Gasteiger partial charge in [-0.2, -0.15) is 0 Å². The number of anilines is 1. The van der Waals surface area contributed by atoms with Crippen molar-refractivity contribution in [1.29, 1.82) is 5.41 Å². The van der Waals surface area contributed by atoms with Crippen LogP contribution in [0.15, 0.2) is 42.5 Å². The quantitative estimate of drug-likeness (QED) is 0.666. The third-order valence-corrected chi connectivity index (χ3v) is 3.01. The number of nitrogens with zero attached hydrogens (tertiary/aromatic N) is 1. The second-order valence-electron chi connectivity index (χ2n) is 4.54. The number of amidine groups is 1. The molecule has 0 aromatic heterocycles. The van der Waals surface area contributed by atoms with Crippen molar-refractivity contribution in [1.82, 2.24) is 0 Å². The molecule has 0 amide bonds. The van der Waals surface area contributed by atoms with Crippen molar-refractivity contribution in [2.45, 2.75) is 6.54 Å². The molecule has 0 heterocycles. The van der Waals surface area contributed by atoms with Gasteiger partial charge < -0.3 is 10.6 Å². The Bertz CT molecular complexity index is 641. The lowest BCUT2D eigenvalue weighted by Crippen LogP contribution is -2.22. The Labute approximate surface area is 116 Å². The Morgan fingerprint density at radius 2 is 1.85 bits per heavy atom. The number of nitrogens with one attached hydrogen (secondary N) is 1. The largest absolute Gasteiger partial charge is 0.384 e. The molecule has 0 atom stereocenters. The Morgan fingerprint density at radius 1 is 1.15 bits per heavy atom. The summed E-state index contributed by atoms with van der Waals surface area (Å²) in [4.78, 5) is 1.84. The van der Waals surface area contributed by atoms with Crippen LogP contribution in [-0.2, 0) is 6.54 Å². The van der Waals surface area contributed by atoms with Crippen LogP contribution in [0.4, 0.5) is 14.5 Å². The number of hydrogen-bond acceptors (Lipinski definition) is 2. The summed E-state index contributed by atoms with van der Waals surface area (Å²) in [6, 6.07) is 11.0. The predicted molar refractivity (Wildman–Crippen MR) is 75.9 cm³/mol. The molecule has 0 aliphatic carbocycles. The summed E-state index contributed by atoms with van der Waals surface area (Å²) in [5.74, 6) is -1.76. The molecular weight excluding hydrogens is 260 g/mol. The molecule has 0 saturated carbocycles. The Morgan fingerprint density at radius 3 is 2.50 bits per heavy atom. The fourth-order valence-electron chi connectivity index (χ4n) is 2.03. The summed E-state index contributed by atoms with van der Waals surface area (Å²) in [5.41, 5.74) is 7.56. The van der Waals surface area contributed by atoms with Crippen molar-refractivity contribution >= 4 is 11.5 Å². The second kappa shape index (κ2) is 5.69. The SMILES string of the molecule is CN(Cc1ccc(F)c(F)c1)c1ccccc1C(=N)N. The predicted octanol–water partition coefficient (Wildman–Crippen LogP) is 2.89. The van der Waals surface area contributed by atoms with Gasteiger partial charge in [-0.1, -0.05) is 18.2 Å². The fourth-order valence-corrected chi connectivity index (χ4v) is 2.03. The van der Waals surface area contributed by atoms with Crippen molar-refractivity contribution < 1.29 is 8.78 Å². The van der Waals surface area contributed by atoms with Crippen molar-refractivity contribution in [2.75, 3.05) is 11.9 Å². The first-order valence-corrected chi connectivity index (χ1v) is 6.07. The van der Waals surface area contributed by atoms with E-state index in [1.54, 1.807) is 12.1 Å².